The monoisotopic (exact) mass is 675 g/mol. The van der Waals surface area contributed by atoms with Gasteiger partial charge in [0.1, 0.15) is 18.1 Å². The number of nitrogens with one attached hydrogen (secondary N) is 4. The minimum atomic E-state index is -1.07. The van der Waals surface area contributed by atoms with Gasteiger partial charge in [-0.2, -0.15) is 0 Å². The lowest BCUT2D eigenvalue weighted by Gasteiger charge is -2.26. The fourth-order valence-electron chi connectivity index (χ4n) is 5.72. The highest BCUT2D eigenvalue weighted by atomic mass is 32.1. The van der Waals surface area contributed by atoms with Gasteiger partial charge in [0.05, 0.1) is 6.04 Å². The maximum atomic E-state index is 14.1. The first kappa shape index (κ1) is 35.0. The number of thiophene rings is 1. The van der Waals surface area contributed by atoms with Crippen molar-refractivity contribution < 1.29 is 19.2 Å². The third-order valence-corrected chi connectivity index (χ3v) is 9.29. The van der Waals surface area contributed by atoms with Crippen molar-refractivity contribution in [3.63, 3.8) is 0 Å². The van der Waals surface area contributed by atoms with E-state index in [4.69, 9.17) is 5.73 Å². The first-order chi connectivity index (χ1) is 23.8. The zero-order chi connectivity index (χ0) is 34.6. The van der Waals surface area contributed by atoms with Gasteiger partial charge >= 0.3 is 0 Å². The summed E-state index contributed by atoms with van der Waals surface area (Å²) in [6.45, 7) is 0. The predicted octanol–water partition coefficient (Wildman–Crippen LogP) is 3.70. The van der Waals surface area contributed by atoms with Crippen molar-refractivity contribution in [3.8, 4) is 0 Å². The number of carbonyl (C=O) groups excluding carboxylic acids is 4. The van der Waals surface area contributed by atoms with Crippen LogP contribution >= 0.6 is 11.3 Å². The molecule has 49 heavy (non-hydrogen) atoms. The minimum Gasteiger partial charge on any atom is -0.368 e. The normalized spacial score (nSPS) is 13.5. The number of benzene rings is 4. The van der Waals surface area contributed by atoms with Gasteiger partial charge in [-0.1, -0.05) is 109 Å². The van der Waals surface area contributed by atoms with E-state index >= 15 is 0 Å². The van der Waals surface area contributed by atoms with Crippen molar-refractivity contribution in [2.75, 3.05) is 7.05 Å². The molecule has 1 aromatic heterocycles. The van der Waals surface area contributed by atoms with E-state index in [1.165, 1.54) is 11.3 Å². The van der Waals surface area contributed by atoms with Crippen LogP contribution in [0.15, 0.2) is 121 Å². The van der Waals surface area contributed by atoms with Crippen LogP contribution in [0.3, 0.4) is 0 Å². The summed E-state index contributed by atoms with van der Waals surface area (Å²) in [5.74, 6) is -2.10. The average Bonchev–Trinajstić information content (AvgIpc) is 3.63. The van der Waals surface area contributed by atoms with Crippen LogP contribution in [0, 0.1) is 0 Å². The zero-order valence-electron chi connectivity index (χ0n) is 27.3. The highest BCUT2D eigenvalue weighted by Gasteiger charge is 2.31. The van der Waals surface area contributed by atoms with E-state index in [2.05, 4.69) is 21.3 Å². The summed E-state index contributed by atoms with van der Waals surface area (Å²) in [6, 6.07) is 32.8. The number of hydrogen-bond donors (Lipinski definition) is 5. The molecule has 5 aromatic rings. The fraction of sp³-hybridized carbons (Fsp3) is 0.231. The lowest BCUT2D eigenvalue weighted by Crippen LogP contribution is -2.59. The van der Waals surface area contributed by atoms with E-state index < -0.39 is 41.9 Å². The van der Waals surface area contributed by atoms with Crippen LogP contribution in [-0.4, -0.2) is 54.8 Å². The number of hydrogen-bond acceptors (Lipinski definition) is 6. The highest BCUT2D eigenvalue weighted by molar-refractivity contribution is 7.09. The quantitative estimate of drug-likeness (QED) is 0.109. The van der Waals surface area contributed by atoms with Crippen molar-refractivity contribution in [3.05, 3.63) is 142 Å². The molecule has 10 heteroatoms. The lowest BCUT2D eigenvalue weighted by atomic mass is 9.99. The summed E-state index contributed by atoms with van der Waals surface area (Å²) < 4.78 is 0. The largest absolute Gasteiger partial charge is 0.368 e. The second kappa shape index (κ2) is 17.2. The van der Waals surface area contributed by atoms with E-state index in [1.807, 2.05) is 121 Å². The summed E-state index contributed by atoms with van der Waals surface area (Å²) in [5.41, 5.74) is 8.34. The molecule has 4 aromatic carbocycles. The van der Waals surface area contributed by atoms with Crippen LogP contribution in [0.4, 0.5) is 0 Å². The van der Waals surface area contributed by atoms with Crippen LogP contribution in [0.1, 0.15) is 21.6 Å². The SMILES string of the molecule is CNC(Cc1ccccc1)C(=O)NC(Cc1ccccc1)C(=O)NC(Cc1ccc2ccccc2c1)C(=O)NC(Cc1cccs1)C(N)=O. The first-order valence-corrected chi connectivity index (χ1v) is 17.1. The standard InChI is InChI=1S/C39H41N5O4S/c1-41-33(22-26-11-4-2-5-12-26)37(46)43-34(23-27-13-6-3-7-14-27)39(48)44-35(24-28-18-19-29-15-8-9-16-30(29)21-28)38(47)42-32(36(40)45)25-31-17-10-20-49-31/h2-21,32-35,41H,22-25H2,1H3,(H2,40,45)(H,42,47)(H,43,46)(H,44,48). The summed E-state index contributed by atoms with van der Waals surface area (Å²) in [7, 11) is 1.70. The Bertz CT molecular complexity index is 1850. The molecule has 252 valence electrons. The van der Waals surface area contributed by atoms with E-state index in [0.717, 1.165) is 32.3 Å². The molecule has 0 aliphatic rings. The molecule has 0 radical (unpaired) electrons. The van der Waals surface area contributed by atoms with Gasteiger partial charge in [-0.25, -0.2) is 0 Å². The molecule has 0 saturated carbocycles. The van der Waals surface area contributed by atoms with Crippen LogP contribution < -0.4 is 27.0 Å². The molecule has 6 N–H and O–H groups in total. The minimum absolute atomic E-state index is 0.145. The van der Waals surface area contributed by atoms with Crippen LogP contribution in [-0.2, 0) is 44.9 Å². The molecule has 1 heterocycles. The van der Waals surface area contributed by atoms with Gasteiger partial charge in [0.25, 0.3) is 0 Å². The Morgan fingerprint density at radius 2 is 1.06 bits per heavy atom. The van der Waals surface area contributed by atoms with Gasteiger partial charge in [-0.3, -0.25) is 19.2 Å². The van der Waals surface area contributed by atoms with Crippen molar-refractivity contribution >= 4 is 45.7 Å². The summed E-state index contributed by atoms with van der Waals surface area (Å²) >= 11 is 1.46. The summed E-state index contributed by atoms with van der Waals surface area (Å²) in [6.07, 6.45) is 1.00. The molecule has 0 spiro atoms. The number of fused-ring (bicyclic) bond motifs is 1. The Morgan fingerprint density at radius 3 is 1.61 bits per heavy atom. The second-order valence-electron chi connectivity index (χ2n) is 12.0. The molecule has 4 unspecified atom stereocenters. The van der Waals surface area contributed by atoms with Crippen molar-refractivity contribution in [1.29, 1.82) is 0 Å². The topological polar surface area (TPSA) is 142 Å². The third-order valence-electron chi connectivity index (χ3n) is 8.40. The number of nitrogens with two attached hydrogens (primary N) is 1. The number of likely N-dealkylation sites (N-methyl/N-ethyl adjacent to an activating group) is 1. The molecule has 4 amide bonds. The van der Waals surface area contributed by atoms with Gasteiger partial charge in [-0.15, -0.1) is 11.3 Å². The smallest absolute Gasteiger partial charge is 0.243 e. The Morgan fingerprint density at radius 1 is 0.551 bits per heavy atom. The Labute approximate surface area is 290 Å². The molecule has 0 aliphatic carbocycles. The summed E-state index contributed by atoms with van der Waals surface area (Å²) in [5, 5.41) is 15.6. The van der Waals surface area contributed by atoms with Gasteiger partial charge < -0.3 is 27.0 Å². The Hall–Kier alpha value is -5.32. The van der Waals surface area contributed by atoms with Crippen molar-refractivity contribution in [1.82, 2.24) is 21.3 Å². The van der Waals surface area contributed by atoms with Gasteiger partial charge in [-0.05, 0) is 52.4 Å². The van der Waals surface area contributed by atoms with E-state index in [0.29, 0.717) is 6.42 Å². The zero-order valence-corrected chi connectivity index (χ0v) is 28.1. The van der Waals surface area contributed by atoms with E-state index in [-0.39, 0.29) is 25.2 Å². The molecular weight excluding hydrogens is 635 g/mol. The predicted molar refractivity (Wildman–Crippen MR) is 194 cm³/mol. The van der Waals surface area contributed by atoms with Crippen molar-refractivity contribution in [2.24, 2.45) is 5.73 Å². The maximum absolute atomic E-state index is 14.1. The molecule has 4 atom stereocenters. The first-order valence-electron chi connectivity index (χ1n) is 16.2. The molecular formula is C39H41N5O4S. The fourth-order valence-corrected chi connectivity index (χ4v) is 6.47. The molecule has 0 saturated heterocycles. The van der Waals surface area contributed by atoms with Crippen LogP contribution in [0.25, 0.3) is 10.8 Å². The molecule has 0 fully saturated rings. The molecule has 0 aliphatic heterocycles. The average molecular weight is 676 g/mol. The van der Waals surface area contributed by atoms with Crippen LogP contribution in [0.5, 0.6) is 0 Å². The number of amides is 4. The molecule has 0 bridgehead atoms. The molecule has 5 rings (SSSR count). The number of rotatable bonds is 16. The van der Waals surface area contributed by atoms with Gasteiger partial charge in [0.2, 0.25) is 23.6 Å². The lowest BCUT2D eigenvalue weighted by molar-refractivity contribution is -0.133. The van der Waals surface area contributed by atoms with E-state index in [9.17, 15) is 19.2 Å². The van der Waals surface area contributed by atoms with Crippen molar-refractivity contribution in [2.45, 2.75) is 49.9 Å². The highest BCUT2D eigenvalue weighted by Crippen LogP contribution is 2.18. The Balaban J connectivity index is 1.40. The number of carbonyl (C=O) groups is 4. The Kier molecular flexibility index (Phi) is 12.3. The summed E-state index contributed by atoms with van der Waals surface area (Å²) in [4.78, 5) is 55.0. The van der Waals surface area contributed by atoms with Gasteiger partial charge in [0.15, 0.2) is 0 Å². The molecule has 9 nitrogen and oxygen atoms in total. The van der Waals surface area contributed by atoms with E-state index in [1.54, 1.807) is 7.05 Å². The van der Waals surface area contributed by atoms with Gasteiger partial charge in [0, 0.05) is 24.1 Å². The van der Waals surface area contributed by atoms with Crippen LogP contribution in [0.2, 0.25) is 0 Å². The maximum Gasteiger partial charge on any atom is 0.243 e. The number of primary amides is 1. The second-order valence-corrected chi connectivity index (χ2v) is 13.0. The third kappa shape index (κ3) is 10.1.